The minimum Gasteiger partial charge on any atom is -0.383 e. The Balaban J connectivity index is 2.44. The summed E-state index contributed by atoms with van der Waals surface area (Å²) in [4.78, 5) is 4.36. The largest absolute Gasteiger partial charge is 0.383 e. The third-order valence-electron chi connectivity index (χ3n) is 2.85. The fraction of sp³-hybridized carbons (Fsp3) is 0.385. The van der Waals surface area contributed by atoms with E-state index >= 15 is 0 Å². The number of nitrogens with zero attached hydrogens (tertiary/aromatic N) is 3. The first kappa shape index (κ1) is 11.6. The maximum absolute atomic E-state index is 6.07. The first-order chi connectivity index (χ1) is 8.24. The van der Waals surface area contributed by atoms with Gasteiger partial charge in [-0.3, -0.25) is 9.67 Å². The molecule has 0 bridgehead atoms. The van der Waals surface area contributed by atoms with Crippen molar-refractivity contribution in [2.24, 2.45) is 7.05 Å². The number of hydrogen-bond donors (Lipinski definition) is 1. The fourth-order valence-electron chi connectivity index (χ4n) is 1.90. The van der Waals surface area contributed by atoms with Crippen LogP contribution in [0.2, 0.25) is 0 Å². The highest BCUT2D eigenvalue weighted by atomic mass is 15.3. The Bertz CT molecular complexity index is 488. The average Bonchev–Trinajstić information content (AvgIpc) is 2.64. The van der Waals surface area contributed by atoms with E-state index in [1.807, 2.05) is 25.2 Å². The molecule has 90 valence electrons. The molecule has 2 aromatic heterocycles. The van der Waals surface area contributed by atoms with Crippen LogP contribution in [0.3, 0.4) is 0 Å². The van der Waals surface area contributed by atoms with Crippen LogP contribution in [-0.4, -0.2) is 14.8 Å². The summed E-state index contributed by atoms with van der Waals surface area (Å²) in [7, 11) is 1.87. The van der Waals surface area contributed by atoms with Crippen molar-refractivity contribution in [1.82, 2.24) is 14.8 Å². The van der Waals surface area contributed by atoms with E-state index in [1.165, 1.54) is 0 Å². The molecule has 2 aromatic rings. The van der Waals surface area contributed by atoms with Gasteiger partial charge in [-0.2, -0.15) is 5.10 Å². The predicted molar refractivity (Wildman–Crippen MR) is 69.5 cm³/mol. The van der Waals surface area contributed by atoms with E-state index in [9.17, 15) is 0 Å². The Kier molecular flexibility index (Phi) is 3.42. The monoisotopic (exact) mass is 230 g/mol. The lowest BCUT2D eigenvalue weighted by Gasteiger charge is -2.02. The number of hydrogen-bond acceptors (Lipinski definition) is 3. The first-order valence-corrected chi connectivity index (χ1v) is 5.96. The number of anilines is 1. The van der Waals surface area contributed by atoms with E-state index in [0.717, 1.165) is 36.2 Å². The van der Waals surface area contributed by atoms with Crippen LogP contribution in [0.15, 0.2) is 24.4 Å². The zero-order chi connectivity index (χ0) is 12.3. The fourth-order valence-corrected chi connectivity index (χ4v) is 1.90. The van der Waals surface area contributed by atoms with Gasteiger partial charge in [-0.15, -0.1) is 0 Å². The number of aromatic nitrogens is 3. The summed E-state index contributed by atoms with van der Waals surface area (Å²) < 4.78 is 1.73. The Morgan fingerprint density at radius 3 is 2.82 bits per heavy atom. The van der Waals surface area contributed by atoms with Gasteiger partial charge in [0.15, 0.2) is 0 Å². The SMILES string of the molecule is CCCCc1nn(C)c(N)c1-c1ccccn1. The van der Waals surface area contributed by atoms with Gasteiger partial charge in [-0.25, -0.2) is 0 Å². The van der Waals surface area contributed by atoms with Crippen LogP contribution >= 0.6 is 0 Å². The molecular formula is C13H18N4. The van der Waals surface area contributed by atoms with Gasteiger partial charge in [-0.1, -0.05) is 19.4 Å². The van der Waals surface area contributed by atoms with Crippen LogP contribution in [0.1, 0.15) is 25.5 Å². The molecule has 0 spiro atoms. The van der Waals surface area contributed by atoms with Crippen LogP contribution in [-0.2, 0) is 13.5 Å². The summed E-state index contributed by atoms with van der Waals surface area (Å²) in [5.74, 6) is 0.690. The van der Waals surface area contributed by atoms with Gasteiger partial charge in [0.25, 0.3) is 0 Å². The highest BCUT2D eigenvalue weighted by molar-refractivity contribution is 5.73. The van der Waals surface area contributed by atoms with Crippen molar-refractivity contribution in [2.75, 3.05) is 5.73 Å². The molecule has 0 fully saturated rings. The summed E-state index contributed by atoms with van der Waals surface area (Å²) in [5, 5.41) is 4.48. The summed E-state index contributed by atoms with van der Waals surface area (Å²) in [5.41, 5.74) is 9.01. The Morgan fingerprint density at radius 1 is 1.35 bits per heavy atom. The summed E-state index contributed by atoms with van der Waals surface area (Å²) >= 11 is 0. The van der Waals surface area contributed by atoms with E-state index in [1.54, 1.807) is 10.9 Å². The third-order valence-corrected chi connectivity index (χ3v) is 2.85. The Labute approximate surface area is 101 Å². The lowest BCUT2D eigenvalue weighted by molar-refractivity contribution is 0.718. The lowest BCUT2D eigenvalue weighted by Crippen LogP contribution is -1.98. The van der Waals surface area contributed by atoms with E-state index in [0.29, 0.717) is 5.82 Å². The molecule has 0 amide bonds. The highest BCUT2D eigenvalue weighted by Crippen LogP contribution is 2.28. The Morgan fingerprint density at radius 2 is 2.18 bits per heavy atom. The highest BCUT2D eigenvalue weighted by Gasteiger charge is 2.15. The molecule has 0 saturated heterocycles. The second-order valence-corrected chi connectivity index (χ2v) is 4.15. The van der Waals surface area contributed by atoms with Gasteiger partial charge in [0.1, 0.15) is 5.82 Å². The number of nitrogens with two attached hydrogens (primary N) is 1. The summed E-state index contributed by atoms with van der Waals surface area (Å²) in [6.45, 7) is 2.17. The number of nitrogen functional groups attached to an aromatic ring is 1. The minimum atomic E-state index is 0.690. The van der Waals surface area contributed by atoms with Crippen molar-refractivity contribution in [3.05, 3.63) is 30.1 Å². The molecule has 2 rings (SSSR count). The molecule has 0 unspecified atom stereocenters. The van der Waals surface area contributed by atoms with E-state index in [-0.39, 0.29) is 0 Å². The van der Waals surface area contributed by atoms with E-state index in [4.69, 9.17) is 5.73 Å². The van der Waals surface area contributed by atoms with E-state index < -0.39 is 0 Å². The van der Waals surface area contributed by atoms with Crippen LogP contribution in [0, 0.1) is 0 Å². The second-order valence-electron chi connectivity index (χ2n) is 4.15. The smallest absolute Gasteiger partial charge is 0.131 e. The normalized spacial score (nSPS) is 10.7. The predicted octanol–water partition coefficient (Wildman–Crippen LogP) is 2.41. The minimum absolute atomic E-state index is 0.690. The van der Waals surface area contributed by atoms with Crippen LogP contribution in [0.4, 0.5) is 5.82 Å². The summed E-state index contributed by atoms with van der Waals surface area (Å²) in [6, 6.07) is 5.85. The first-order valence-electron chi connectivity index (χ1n) is 5.96. The second kappa shape index (κ2) is 4.99. The van der Waals surface area contributed by atoms with Crippen molar-refractivity contribution >= 4 is 5.82 Å². The maximum atomic E-state index is 6.07. The number of aryl methyl sites for hydroxylation is 2. The van der Waals surface area contributed by atoms with Crippen molar-refractivity contribution in [3.8, 4) is 11.3 Å². The van der Waals surface area contributed by atoms with Gasteiger partial charge in [0, 0.05) is 13.2 Å². The van der Waals surface area contributed by atoms with Crippen LogP contribution < -0.4 is 5.73 Å². The molecule has 0 aliphatic heterocycles. The average molecular weight is 230 g/mol. The van der Waals surface area contributed by atoms with Crippen molar-refractivity contribution in [2.45, 2.75) is 26.2 Å². The summed E-state index contributed by atoms with van der Waals surface area (Å²) in [6.07, 6.45) is 5.01. The van der Waals surface area contributed by atoms with Gasteiger partial charge >= 0.3 is 0 Å². The molecule has 0 radical (unpaired) electrons. The molecule has 2 N–H and O–H groups in total. The molecule has 0 aliphatic rings. The molecule has 0 atom stereocenters. The molecule has 0 aromatic carbocycles. The third kappa shape index (κ3) is 2.30. The van der Waals surface area contributed by atoms with Crippen molar-refractivity contribution in [3.63, 3.8) is 0 Å². The molecule has 0 saturated carbocycles. The zero-order valence-electron chi connectivity index (χ0n) is 10.3. The van der Waals surface area contributed by atoms with Crippen molar-refractivity contribution in [1.29, 1.82) is 0 Å². The maximum Gasteiger partial charge on any atom is 0.131 e. The molecule has 17 heavy (non-hydrogen) atoms. The molecule has 4 nitrogen and oxygen atoms in total. The van der Waals surface area contributed by atoms with Crippen LogP contribution in [0.5, 0.6) is 0 Å². The van der Waals surface area contributed by atoms with Crippen LogP contribution in [0.25, 0.3) is 11.3 Å². The van der Waals surface area contributed by atoms with Gasteiger partial charge < -0.3 is 5.73 Å². The number of pyridine rings is 1. The van der Waals surface area contributed by atoms with Crippen molar-refractivity contribution < 1.29 is 0 Å². The standard InChI is InChI=1S/C13H18N4/c1-3-4-7-11-12(13(14)17(2)16-11)10-8-5-6-9-15-10/h5-6,8-9H,3-4,7,14H2,1-2H3. The van der Waals surface area contributed by atoms with Gasteiger partial charge in [0.2, 0.25) is 0 Å². The number of unbranched alkanes of at least 4 members (excludes halogenated alkanes) is 1. The van der Waals surface area contributed by atoms with E-state index in [2.05, 4.69) is 17.0 Å². The molecular weight excluding hydrogens is 212 g/mol. The van der Waals surface area contributed by atoms with Gasteiger partial charge in [-0.05, 0) is 25.0 Å². The topological polar surface area (TPSA) is 56.7 Å². The van der Waals surface area contributed by atoms with Gasteiger partial charge in [0.05, 0.1) is 17.0 Å². The molecule has 4 heteroatoms. The number of rotatable bonds is 4. The zero-order valence-corrected chi connectivity index (χ0v) is 10.3. The lowest BCUT2D eigenvalue weighted by atomic mass is 10.1. The molecule has 0 aliphatic carbocycles. The molecule has 2 heterocycles. The quantitative estimate of drug-likeness (QED) is 0.877. The Hall–Kier alpha value is -1.84.